The summed E-state index contributed by atoms with van der Waals surface area (Å²) in [4.78, 5) is 120. The van der Waals surface area contributed by atoms with Crippen LogP contribution in [0.4, 0.5) is 0 Å². The Morgan fingerprint density at radius 3 is 1.97 bits per heavy atom. The topological polar surface area (TPSA) is 294 Å². The standard InChI is InChI=1S/C55H58NO19P/c1-30-38(71-51(64)45(72-41(60)26-36-24-16-17-25-37(36)75-76(66,67)68)43(33-18-10-7-11-19-33)56-49(62)34-20-12-8-13-21-34)28-55(65)48(73-50(63)35-22-14-9-15-23-35)46-53(6,39(59)27-40-54(46,29-69-40)74-32(3)58)47(61)44(70-31(2)57)42(30)52(55,4)5/h7-25,38-40,43-46,48,59,65H,26-29H2,1-6H3,(H,56,62)(H2,66,67,68)/t38-,39-,40+,43-,44+,45+,46?,48?,53+,54-,55+/m0/s1. The number of hydrogen-bond donors (Lipinski definition) is 5. The Kier molecular flexibility index (Phi) is 15.4. The zero-order valence-electron chi connectivity index (χ0n) is 42.3. The van der Waals surface area contributed by atoms with Crippen molar-refractivity contribution in [3.63, 3.8) is 0 Å². The van der Waals surface area contributed by atoms with Gasteiger partial charge in [-0.2, -0.15) is 0 Å². The lowest BCUT2D eigenvalue weighted by atomic mass is 9.44. The van der Waals surface area contributed by atoms with Crippen LogP contribution in [0, 0.1) is 16.7 Å². The molecule has 8 rings (SSSR count). The van der Waals surface area contributed by atoms with Crippen LogP contribution < -0.4 is 9.84 Å². The van der Waals surface area contributed by atoms with Crippen LogP contribution in [0.15, 0.2) is 126 Å². The van der Waals surface area contributed by atoms with Gasteiger partial charge in [-0.3, -0.25) is 33.8 Å². The van der Waals surface area contributed by atoms with Gasteiger partial charge in [-0.15, -0.1) is 0 Å². The quantitative estimate of drug-likeness (QED) is 0.0453. The van der Waals surface area contributed by atoms with Crippen LogP contribution in [0.25, 0.3) is 0 Å². The predicted octanol–water partition coefficient (Wildman–Crippen LogP) is 5.00. The number of ether oxygens (including phenoxy) is 6. The molecule has 1 aliphatic heterocycles. The second-order valence-electron chi connectivity index (χ2n) is 20.2. The zero-order chi connectivity index (χ0) is 55.1. The van der Waals surface area contributed by atoms with E-state index in [1.807, 2.05) is 0 Å². The first-order valence-electron chi connectivity index (χ1n) is 24.4. The summed E-state index contributed by atoms with van der Waals surface area (Å²) in [6.07, 6.45) is -12.1. The minimum atomic E-state index is -5.15. The molecule has 5 N–H and O–H groups in total. The van der Waals surface area contributed by atoms with Gasteiger partial charge in [0.25, 0.3) is 5.91 Å². The molecule has 0 aromatic heterocycles. The molecule has 1 amide bonds. The third-order valence-electron chi connectivity index (χ3n) is 15.2. The van der Waals surface area contributed by atoms with Crippen molar-refractivity contribution in [2.75, 3.05) is 6.61 Å². The van der Waals surface area contributed by atoms with Gasteiger partial charge in [-0.25, -0.2) is 14.2 Å². The maximum atomic E-state index is 15.8. The molecule has 11 atom stereocenters. The third kappa shape index (κ3) is 10.3. The number of carbonyl (C=O) groups excluding carboxylic acids is 7. The van der Waals surface area contributed by atoms with E-state index in [0.29, 0.717) is 0 Å². The van der Waals surface area contributed by atoms with Crippen molar-refractivity contribution >= 4 is 49.4 Å². The summed E-state index contributed by atoms with van der Waals surface area (Å²) in [5.74, 6) is -9.00. The Labute approximate surface area is 436 Å². The molecule has 76 heavy (non-hydrogen) atoms. The van der Waals surface area contributed by atoms with E-state index in [2.05, 4.69) is 5.32 Å². The number of Topliss-reactive ketones (excluding diaryl/α,β-unsaturated/α-hetero) is 1. The van der Waals surface area contributed by atoms with E-state index < -0.39 is 133 Å². The summed E-state index contributed by atoms with van der Waals surface area (Å²) < 4.78 is 53.5. The molecule has 3 fully saturated rings. The first-order valence-corrected chi connectivity index (χ1v) is 25.9. The van der Waals surface area contributed by atoms with Crippen molar-refractivity contribution in [1.29, 1.82) is 0 Å². The number of aliphatic hydroxyl groups is 2. The van der Waals surface area contributed by atoms with Crippen LogP contribution in [0.5, 0.6) is 5.75 Å². The van der Waals surface area contributed by atoms with Gasteiger partial charge in [-0.1, -0.05) is 98.8 Å². The van der Waals surface area contributed by atoms with E-state index in [4.69, 9.17) is 32.9 Å². The Bertz CT molecular complexity index is 3000. The minimum absolute atomic E-state index is 0.00639. The van der Waals surface area contributed by atoms with Gasteiger partial charge in [0.05, 0.1) is 36.0 Å². The largest absolute Gasteiger partial charge is 0.524 e. The maximum absolute atomic E-state index is 15.8. The first kappa shape index (κ1) is 55.2. The second kappa shape index (κ2) is 21.2. The SMILES string of the molecule is CC(=O)O[C@H]1C(=O)[C@@]2(C)C(C(OC(=O)c3ccccc3)[C@]3(O)C[C@H](OC(=O)[C@H](OC(=O)Cc4ccccc4OP(=O)(O)O)[C@@H](NC(=O)c4ccccc4)c4ccccc4)C(C)=C1C3(C)C)[C@]1(OC(C)=O)CO[C@@H]1C[C@@H]2O. The fourth-order valence-electron chi connectivity index (χ4n) is 11.5. The number of benzene rings is 4. The molecule has 1 saturated heterocycles. The highest BCUT2D eigenvalue weighted by Gasteiger charge is 2.78. The molecule has 2 bridgehead atoms. The molecule has 3 aliphatic carbocycles. The summed E-state index contributed by atoms with van der Waals surface area (Å²) >= 11 is 0. The molecule has 4 aromatic rings. The average Bonchev–Trinajstić information content (AvgIpc) is 3.40. The number of carbonyl (C=O) groups is 7. The lowest BCUT2D eigenvalue weighted by Crippen LogP contribution is -2.82. The number of para-hydroxylation sites is 1. The predicted molar refractivity (Wildman–Crippen MR) is 264 cm³/mol. The van der Waals surface area contributed by atoms with Crippen LogP contribution in [0.2, 0.25) is 0 Å². The molecule has 4 aliphatic rings. The van der Waals surface area contributed by atoms with E-state index in [0.717, 1.165) is 13.8 Å². The fourth-order valence-corrected chi connectivity index (χ4v) is 11.9. The normalized spacial score (nSPS) is 28.2. The minimum Gasteiger partial charge on any atom is -0.455 e. The van der Waals surface area contributed by atoms with Gasteiger partial charge in [0, 0.05) is 43.2 Å². The molecular formula is C55H58NO19P. The van der Waals surface area contributed by atoms with Gasteiger partial charge in [0.15, 0.2) is 17.5 Å². The highest BCUT2D eigenvalue weighted by atomic mass is 31.2. The van der Waals surface area contributed by atoms with Gasteiger partial charge in [0.2, 0.25) is 6.10 Å². The Morgan fingerprint density at radius 2 is 1.39 bits per heavy atom. The number of phosphoric acid groups is 1. The summed E-state index contributed by atoms with van der Waals surface area (Å²) in [5.41, 5.74) is -8.08. The zero-order valence-corrected chi connectivity index (χ0v) is 43.2. The maximum Gasteiger partial charge on any atom is 0.524 e. The Hall–Kier alpha value is -7.06. The molecule has 0 spiro atoms. The molecule has 4 aromatic carbocycles. The first-order chi connectivity index (χ1) is 35.8. The van der Waals surface area contributed by atoms with Crippen LogP contribution in [-0.4, -0.2) is 116 Å². The number of hydrogen-bond acceptors (Lipinski definition) is 17. The number of aliphatic hydroxyl groups excluding tert-OH is 1. The fraction of sp³-hybridized carbons (Fsp3) is 0.400. The molecule has 1 heterocycles. The number of phosphoric ester groups is 1. The number of rotatable bonds is 15. The van der Waals surface area contributed by atoms with E-state index in [1.165, 1.54) is 88.4 Å². The van der Waals surface area contributed by atoms with E-state index in [-0.39, 0.29) is 52.2 Å². The molecule has 2 saturated carbocycles. The lowest BCUT2D eigenvalue weighted by Gasteiger charge is -2.67. The van der Waals surface area contributed by atoms with Crippen molar-refractivity contribution in [1.82, 2.24) is 5.32 Å². The summed E-state index contributed by atoms with van der Waals surface area (Å²) in [7, 11) is -5.15. The van der Waals surface area contributed by atoms with Crippen molar-refractivity contribution in [3.8, 4) is 5.75 Å². The smallest absolute Gasteiger partial charge is 0.455 e. The van der Waals surface area contributed by atoms with Crippen molar-refractivity contribution in [3.05, 3.63) is 149 Å². The van der Waals surface area contributed by atoms with Crippen LogP contribution in [0.1, 0.15) is 92.3 Å². The highest BCUT2D eigenvalue weighted by Crippen LogP contribution is 2.64. The van der Waals surface area contributed by atoms with Gasteiger partial charge in [-0.05, 0) is 60.9 Å². The molecule has 21 heteroatoms. The molecule has 20 nitrogen and oxygen atoms in total. The van der Waals surface area contributed by atoms with Crippen LogP contribution in [0.3, 0.4) is 0 Å². The molecule has 402 valence electrons. The van der Waals surface area contributed by atoms with Gasteiger partial charge in [0.1, 0.15) is 35.7 Å². The molecular weight excluding hydrogens is 1010 g/mol. The summed E-state index contributed by atoms with van der Waals surface area (Å²) in [6.45, 7) is 7.62. The van der Waals surface area contributed by atoms with Gasteiger partial charge < -0.3 is 48.5 Å². The molecule has 2 unspecified atom stereocenters. The lowest BCUT2D eigenvalue weighted by molar-refractivity contribution is -0.346. The number of amides is 1. The van der Waals surface area contributed by atoms with Crippen molar-refractivity contribution < 1.29 is 91.1 Å². The van der Waals surface area contributed by atoms with E-state index >= 15 is 9.59 Å². The summed E-state index contributed by atoms with van der Waals surface area (Å²) in [5, 5.41) is 29.0. The van der Waals surface area contributed by atoms with E-state index in [1.54, 1.807) is 54.6 Å². The number of nitrogens with one attached hydrogen (secondary N) is 1. The van der Waals surface area contributed by atoms with Gasteiger partial charge >= 0.3 is 37.7 Å². The van der Waals surface area contributed by atoms with Crippen LogP contribution >= 0.6 is 7.82 Å². The molecule has 0 radical (unpaired) electrons. The monoisotopic (exact) mass is 1070 g/mol. The Balaban J connectivity index is 1.30. The number of fused-ring (bicyclic) bond motifs is 5. The van der Waals surface area contributed by atoms with Crippen molar-refractivity contribution in [2.24, 2.45) is 16.7 Å². The van der Waals surface area contributed by atoms with Crippen molar-refractivity contribution in [2.45, 2.75) is 115 Å². The van der Waals surface area contributed by atoms with Crippen LogP contribution in [-0.2, 0) is 63.4 Å². The number of ketones is 1. The second-order valence-corrected chi connectivity index (χ2v) is 21.3. The summed E-state index contributed by atoms with van der Waals surface area (Å²) in [6, 6.07) is 27.3. The number of esters is 5. The Morgan fingerprint density at radius 1 is 0.803 bits per heavy atom. The highest BCUT2D eigenvalue weighted by molar-refractivity contribution is 7.46. The van der Waals surface area contributed by atoms with E-state index in [9.17, 15) is 48.5 Å². The average molecular weight is 1070 g/mol. The third-order valence-corrected chi connectivity index (χ3v) is 15.7.